The van der Waals surface area contributed by atoms with Gasteiger partial charge in [-0.3, -0.25) is 4.79 Å². The Morgan fingerprint density at radius 1 is 0.935 bits per heavy atom. The highest BCUT2D eigenvalue weighted by Crippen LogP contribution is 2.25. The number of fused-ring (bicyclic) bond motifs is 1. The molecule has 0 atom stereocenters. The number of amides is 3. The second-order valence-corrected chi connectivity index (χ2v) is 8.86. The number of carbonyl (C=O) groups excluding carboxylic acids is 2. The number of rotatable bonds is 4. The maximum absolute atomic E-state index is 12.7. The van der Waals surface area contributed by atoms with Crippen molar-refractivity contribution in [3.8, 4) is 0 Å². The maximum atomic E-state index is 12.7. The lowest BCUT2D eigenvalue weighted by atomic mass is 9.98. The Morgan fingerprint density at radius 3 is 2.32 bits per heavy atom. The predicted octanol–water partition coefficient (Wildman–Crippen LogP) is 4.94. The third kappa shape index (κ3) is 5.16. The molecule has 0 aliphatic carbocycles. The Kier molecular flexibility index (Phi) is 6.40. The van der Waals surface area contributed by atoms with E-state index in [0.29, 0.717) is 25.4 Å². The van der Waals surface area contributed by atoms with E-state index in [9.17, 15) is 9.59 Å². The van der Waals surface area contributed by atoms with Crippen LogP contribution in [0.4, 0.5) is 10.5 Å². The van der Waals surface area contributed by atoms with E-state index < -0.39 is 0 Å². The summed E-state index contributed by atoms with van der Waals surface area (Å²) >= 11 is 0. The molecule has 0 fully saturated rings. The first-order valence-electron chi connectivity index (χ1n) is 11.2. The number of carbonyl (C=O) groups is 2. The van der Waals surface area contributed by atoms with E-state index in [0.717, 1.165) is 37.2 Å². The third-order valence-electron chi connectivity index (χ3n) is 6.07. The van der Waals surface area contributed by atoms with Crippen LogP contribution in [-0.4, -0.2) is 41.4 Å². The summed E-state index contributed by atoms with van der Waals surface area (Å²) in [5.74, 6) is 0.629. The smallest absolute Gasteiger partial charge is 0.322 e. The van der Waals surface area contributed by atoms with Crippen LogP contribution in [0.1, 0.15) is 43.4 Å². The van der Waals surface area contributed by atoms with Gasteiger partial charge in [0.2, 0.25) is 5.91 Å². The molecule has 5 nitrogen and oxygen atoms in total. The molecule has 0 saturated heterocycles. The van der Waals surface area contributed by atoms with Gasteiger partial charge in [-0.2, -0.15) is 0 Å². The SMILES string of the molecule is CC(C)CC(=O)N1CC=C(c2ccc(NC(=O)N3CCc4ccccc4C3)cc2)CC1. The quantitative estimate of drug-likeness (QED) is 0.766. The number of benzene rings is 2. The lowest BCUT2D eigenvalue weighted by Gasteiger charge is -2.29. The molecule has 1 N–H and O–H groups in total. The molecule has 2 aliphatic heterocycles. The number of hydrogen-bond acceptors (Lipinski definition) is 2. The highest BCUT2D eigenvalue weighted by Gasteiger charge is 2.21. The van der Waals surface area contributed by atoms with E-state index in [1.807, 2.05) is 28.0 Å². The summed E-state index contributed by atoms with van der Waals surface area (Å²) in [6, 6.07) is 16.3. The summed E-state index contributed by atoms with van der Waals surface area (Å²) in [6.45, 7) is 6.99. The highest BCUT2D eigenvalue weighted by molar-refractivity contribution is 5.89. The topological polar surface area (TPSA) is 52.7 Å². The molecule has 0 bridgehead atoms. The molecular formula is C26H31N3O2. The minimum absolute atomic E-state index is 0.0570. The first-order valence-corrected chi connectivity index (χ1v) is 11.2. The van der Waals surface area contributed by atoms with Crippen molar-refractivity contribution in [3.05, 3.63) is 71.3 Å². The monoisotopic (exact) mass is 417 g/mol. The van der Waals surface area contributed by atoms with Crippen LogP contribution in [0.25, 0.3) is 5.57 Å². The van der Waals surface area contributed by atoms with Gasteiger partial charge >= 0.3 is 6.03 Å². The Morgan fingerprint density at radius 2 is 1.65 bits per heavy atom. The van der Waals surface area contributed by atoms with E-state index in [-0.39, 0.29) is 11.9 Å². The van der Waals surface area contributed by atoms with Crippen molar-refractivity contribution in [2.45, 2.75) is 39.7 Å². The molecule has 2 aromatic carbocycles. The molecule has 4 rings (SSSR count). The molecule has 5 heteroatoms. The molecular weight excluding hydrogens is 386 g/mol. The van der Waals surface area contributed by atoms with Crippen molar-refractivity contribution in [1.82, 2.24) is 9.80 Å². The van der Waals surface area contributed by atoms with Crippen molar-refractivity contribution in [1.29, 1.82) is 0 Å². The fraction of sp³-hybridized carbons (Fsp3) is 0.385. The van der Waals surface area contributed by atoms with E-state index in [1.54, 1.807) is 0 Å². The molecule has 0 radical (unpaired) electrons. The molecule has 0 aromatic heterocycles. The van der Waals surface area contributed by atoms with E-state index in [4.69, 9.17) is 0 Å². The predicted molar refractivity (Wildman–Crippen MR) is 125 cm³/mol. The molecule has 0 spiro atoms. The van der Waals surface area contributed by atoms with Gasteiger partial charge in [-0.15, -0.1) is 0 Å². The van der Waals surface area contributed by atoms with Gasteiger partial charge in [0.05, 0.1) is 0 Å². The van der Waals surface area contributed by atoms with Crippen LogP contribution in [-0.2, 0) is 17.8 Å². The molecule has 2 heterocycles. The summed E-state index contributed by atoms with van der Waals surface area (Å²) in [6.07, 6.45) is 4.52. The Hall–Kier alpha value is -3.08. The van der Waals surface area contributed by atoms with Gasteiger partial charge in [-0.25, -0.2) is 4.79 Å². The van der Waals surface area contributed by atoms with Crippen molar-refractivity contribution in [2.24, 2.45) is 5.92 Å². The second kappa shape index (κ2) is 9.38. The van der Waals surface area contributed by atoms with Crippen LogP contribution in [0.2, 0.25) is 0 Å². The number of nitrogens with one attached hydrogen (secondary N) is 1. The number of hydrogen-bond donors (Lipinski definition) is 1. The van der Waals surface area contributed by atoms with Crippen molar-refractivity contribution in [2.75, 3.05) is 25.0 Å². The first kappa shape index (κ1) is 21.2. The molecule has 2 aliphatic rings. The van der Waals surface area contributed by atoms with Gasteiger partial charge in [-0.05, 0) is 53.2 Å². The summed E-state index contributed by atoms with van der Waals surface area (Å²) in [5, 5.41) is 3.03. The van der Waals surface area contributed by atoms with Gasteiger partial charge in [0.1, 0.15) is 0 Å². The van der Waals surface area contributed by atoms with Gasteiger partial charge in [0.25, 0.3) is 0 Å². The zero-order valence-corrected chi connectivity index (χ0v) is 18.4. The Bertz CT molecular complexity index is 978. The summed E-state index contributed by atoms with van der Waals surface area (Å²) in [5.41, 5.74) is 5.78. The standard InChI is InChI=1S/C26H31N3O2/c1-19(2)17-25(30)28-14-11-22(12-15-28)21-7-9-24(10-8-21)27-26(31)29-16-13-20-5-3-4-6-23(20)18-29/h3-11,19H,12-18H2,1-2H3,(H,27,31). The lowest BCUT2D eigenvalue weighted by molar-refractivity contribution is -0.131. The van der Waals surface area contributed by atoms with Crippen LogP contribution >= 0.6 is 0 Å². The number of urea groups is 1. The summed E-state index contributed by atoms with van der Waals surface area (Å²) < 4.78 is 0. The zero-order valence-electron chi connectivity index (χ0n) is 18.4. The zero-order chi connectivity index (χ0) is 21.8. The number of anilines is 1. The van der Waals surface area contributed by atoms with Crippen LogP contribution in [0.5, 0.6) is 0 Å². The van der Waals surface area contributed by atoms with Crippen LogP contribution < -0.4 is 5.32 Å². The van der Waals surface area contributed by atoms with Crippen molar-refractivity contribution >= 4 is 23.2 Å². The fourth-order valence-electron chi connectivity index (χ4n) is 4.28. The maximum Gasteiger partial charge on any atom is 0.322 e. The lowest BCUT2D eigenvalue weighted by Crippen LogP contribution is -2.38. The molecule has 3 amide bonds. The summed E-state index contributed by atoms with van der Waals surface area (Å²) in [7, 11) is 0. The Labute approximate surface area is 184 Å². The normalized spacial score (nSPS) is 16.0. The summed E-state index contributed by atoms with van der Waals surface area (Å²) in [4.78, 5) is 28.8. The minimum Gasteiger partial charge on any atom is -0.339 e. The molecule has 162 valence electrons. The average molecular weight is 418 g/mol. The molecule has 0 unspecified atom stereocenters. The second-order valence-electron chi connectivity index (χ2n) is 8.86. The van der Waals surface area contributed by atoms with Crippen molar-refractivity contribution in [3.63, 3.8) is 0 Å². The Balaban J connectivity index is 1.33. The molecule has 2 aromatic rings. The third-order valence-corrected chi connectivity index (χ3v) is 6.07. The largest absolute Gasteiger partial charge is 0.339 e. The average Bonchev–Trinajstić information content (AvgIpc) is 2.79. The van der Waals surface area contributed by atoms with Crippen LogP contribution in [0.15, 0.2) is 54.6 Å². The molecule has 31 heavy (non-hydrogen) atoms. The minimum atomic E-state index is -0.0570. The first-order chi connectivity index (χ1) is 15.0. The van der Waals surface area contributed by atoms with Gasteiger partial charge in [0, 0.05) is 38.3 Å². The van der Waals surface area contributed by atoms with E-state index in [2.05, 4.69) is 55.6 Å². The van der Waals surface area contributed by atoms with Gasteiger partial charge in [0.15, 0.2) is 0 Å². The van der Waals surface area contributed by atoms with E-state index in [1.165, 1.54) is 16.7 Å². The van der Waals surface area contributed by atoms with E-state index >= 15 is 0 Å². The van der Waals surface area contributed by atoms with Crippen molar-refractivity contribution < 1.29 is 9.59 Å². The fourth-order valence-corrected chi connectivity index (χ4v) is 4.28. The van der Waals surface area contributed by atoms with Gasteiger partial charge < -0.3 is 15.1 Å². The number of nitrogens with zero attached hydrogens (tertiary/aromatic N) is 2. The van der Waals surface area contributed by atoms with Crippen LogP contribution in [0.3, 0.4) is 0 Å². The highest BCUT2D eigenvalue weighted by atomic mass is 16.2. The molecule has 0 saturated carbocycles. The van der Waals surface area contributed by atoms with Crippen LogP contribution in [0, 0.1) is 5.92 Å². The van der Waals surface area contributed by atoms with Gasteiger partial charge in [-0.1, -0.05) is 56.3 Å².